The number of carboxylic acid groups (broad SMARTS) is 1. The fraction of sp³-hybridized carbons (Fsp3) is 0.529. The van der Waals surface area contributed by atoms with Crippen LogP contribution in [-0.4, -0.2) is 34.5 Å². The minimum Gasteiger partial charge on any atom is -0.481 e. The Morgan fingerprint density at radius 1 is 1.29 bits per heavy atom. The van der Waals surface area contributed by atoms with Crippen LogP contribution in [-0.2, 0) is 9.59 Å². The molecule has 1 aromatic carbocycles. The Hall–Kier alpha value is -1.84. The summed E-state index contributed by atoms with van der Waals surface area (Å²) in [5.74, 6) is -0.914. The number of carbonyl (C=O) groups excluding carboxylic acids is 1. The number of rotatable bonds is 5. The minimum atomic E-state index is -0.826. The van der Waals surface area contributed by atoms with Crippen molar-refractivity contribution < 1.29 is 14.7 Å². The van der Waals surface area contributed by atoms with E-state index in [0.717, 1.165) is 31.2 Å². The third-order valence-corrected chi connectivity index (χ3v) is 4.23. The Morgan fingerprint density at radius 3 is 2.62 bits per heavy atom. The summed E-state index contributed by atoms with van der Waals surface area (Å²) in [6, 6.07) is 9.62. The van der Waals surface area contributed by atoms with E-state index in [-0.39, 0.29) is 24.3 Å². The first-order chi connectivity index (χ1) is 10.1. The van der Waals surface area contributed by atoms with Crippen LogP contribution in [0.1, 0.15) is 50.5 Å². The van der Waals surface area contributed by atoms with Gasteiger partial charge in [0, 0.05) is 12.6 Å². The van der Waals surface area contributed by atoms with Crippen molar-refractivity contribution in [2.24, 2.45) is 0 Å². The third-order valence-electron chi connectivity index (χ3n) is 4.23. The summed E-state index contributed by atoms with van der Waals surface area (Å²) in [6.45, 7) is 2.69. The molecule has 1 saturated heterocycles. The van der Waals surface area contributed by atoms with Crippen molar-refractivity contribution in [3.8, 4) is 0 Å². The molecule has 1 aliphatic rings. The van der Waals surface area contributed by atoms with Gasteiger partial charge in [-0.2, -0.15) is 0 Å². The Labute approximate surface area is 125 Å². The zero-order valence-electron chi connectivity index (χ0n) is 12.5. The topological polar surface area (TPSA) is 57.6 Å². The van der Waals surface area contributed by atoms with Crippen molar-refractivity contribution in [3.63, 3.8) is 0 Å². The molecule has 4 heteroatoms. The highest BCUT2D eigenvalue weighted by Crippen LogP contribution is 2.27. The summed E-state index contributed by atoms with van der Waals surface area (Å²) >= 11 is 0. The molecular weight excluding hydrogens is 266 g/mol. The van der Waals surface area contributed by atoms with Gasteiger partial charge in [-0.25, -0.2) is 0 Å². The highest BCUT2D eigenvalue weighted by Gasteiger charge is 2.32. The van der Waals surface area contributed by atoms with E-state index in [1.807, 2.05) is 37.3 Å². The SMILES string of the molecule is CCC(C(=O)N1CCCCC1CC(=O)O)c1ccccc1. The fourth-order valence-corrected chi connectivity index (χ4v) is 3.14. The van der Waals surface area contributed by atoms with Gasteiger partial charge in [0.2, 0.25) is 5.91 Å². The molecule has 2 rings (SSSR count). The molecule has 1 aliphatic heterocycles. The molecule has 114 valence electrons. The van der Waals surface area contributed by atoms with Crippen molar-refractivity contribution in [2.75, 3.05) is 6.54 Å². The van der Waals surface area contributed by atoms with Gasteiger partial charge in [-0.1, -0.05) is 37.3 Å². The molecule has 1 heterocycles. The number of piperidine rings is 1. The van der Waals surface area contributed by atoms with Gasteiger partial charge in [0.1, 0.15) is 0 Å². The van der Waals surface area contributed by atoms with Crippen LogP contribution in [0.5, 0.6) is 0 Å². The highest BCUT2D eigenvalue weighted by atomic mass is 16.4. The average Bonchev–Trinajstić information content (AvgIpc) is 2.49. The van der Waals surface area contributed by atoms with Crippen LogP contribution < -0.4 is 0 Å². The highest BCUT2D eigenvalue weighted by molar-refractivity contribution is 5.84. The predicted molar refractivity (Wildman–Crippen MR) is 81.1 cm³/mol. The van der Waals surface area contributed by atoms with Crippen LogP contribution in [0.2, 0.25) is 0 Å². The zero-order chi connectivity index (χ0) is 15.2. The predicted octanol–water partition coefficient (Wildman–Crippen LogP) is 3.04. The first-order valence-electron chi connectivity index (χ1n) is 7.70. The number of amides is 1. The monoisotopic (exact) mass is 289 g/mol. The zero-order valence-corrected chi connectivity index (χ0v) is 12.5. The molecule has 1 fully saturated rings. The minimum absolute atomic E-state index is 0.0525. The number of likely N-dealkylation sites (tertiary alicyclic amines) is 1. The lowest BCUT2D eigenvalue weighted by molar-refractivity contribution is -0.142. The van der Waals surface area contributed by atoms with Gasteiger partial charge in [0.05, 0.1) is 12.3 Å². The largest absolute Gasteiger partial charge is 0.481 e. The number of nitrogens with zero attached hydrogens (tertiary/aromatic N) is 1. The molecular formula is C17H23NO3. The maximum absolute atomic E-state index is 12.9. The molecule has 4 nitrogen and oxygen atoms in total. The first-order valence-corrected chi connectivity index (χ1v) is 7.70. The quantitative estimate of drug-likeness (QED) is 0.906. The second kappa shape index (κ2) is 7.25. The van der Waals surface area contributed by atoms with Gasteiger partial charge < -0.3 is 10.0 Å². The molecule has 2 atom stereocenters. The van der Waals surface area contributed by atoms with Crippen molar-refractivity contribution in [1.29, 1.82) is 0 Å². The van der Waals surface area contributed by atoms with Gasteiger partial charge in [0.25, 0.3) is 0 Å². The number of carboxylic acids is 1. The fourth-order valence-electron chi connectivity index (χ4n) is 3.14. The Balaban J connectivity index is 2.16. The Bertz CT molecular complexity index is 486. The molecule has 1 aromatic rings. The van der Waals surface area contributed by atoms with Gasteiger partial charge >= 0.3 is 5.97 Å². The molecule has 1 amide bonds. The summed E-state index contributed by atoms with van der Waals surface area (Å²) in [5.41, 5.74) is 1.02. The van der Waals surface area contributed by atoms with Gasteiger partial charge in [-0.05, 0) is 31.2 Å². The molecule has 21 heavy (non-hydrogen) atoms. The third kappa shape index (κ3) is 3.84. The van der Waals surface area contributed by atoms with Gasteiger partial charge in [0.15, 0.2) is 0 Å². The summed E-state index contributed by atoms with van der Waals surface area (Å²) in [5, 5.41) is 9.04. The van der Waals surface area contributed by atoms with Gasteiger partial charge in [-0.3, -0.25) is 9.59 Å². The lowest BCUT2D eigenvalue weighted by Gasteiger charge is -2.37. The van der Waals surface area contributed by atoms with Gasteiger partial charge in [-0.15, -0.1) is 0 Å². The lowest BCUT2D eigenvalue weighted by atomic mass is 9.91. The van der Waals surface area contributed by atoms with E-state index in [0.29, 0.717) is 6.54 Å². The van der Waals surface area contributed by atoms with E-state index in [9.17, 15) is 9.59 Å². The standard InChI is InChI=1S/C17H23NO3/c1-2-15(13-8-4-3-5-9-13)17(21)18-11-7-6-10-14(18)12-16(19)20/h3-5,8-9,14-15H,2,6-7,10-12H2,1H3,(H,19,20). The molecule has 0 aromatic heterocycles. The number of benzene rings is 1. The molecule has 0 bridgehead atoms. The van der Waals surface area contributed by atoms with E-state index >= 15 is 0 Å². The molecule has 1 N–H and O–H groups in total. The van der Waals surface area contributed by atoms with Crippen LogP contribution in [0.25, 0.3) is 0 Å². The van der Waals surface area contributed by atoms with E-state index in [4.69, 9.17) is 5.11 Å². The van der Waals surface area contributed by atoms with Crippen LogP contribution in [0, 0.1) is 0 Å². The van der Waals surface area contributed by atoms with Crippen molar-refractivity contribution >= 4 is 11.9 Å². The summed E-state index contributed by atoms with van der Waals surface area (Å²) < 4.78 is 0. The Morgan fingerprint density at radius 2 is 2.00 bits per heavy atom. The van der Waals surface area contributed by atoms with E-state index in [1.54, 1.807) is 4.90 Å². The first kappa shape index (κ1) is 15.5. The number of carbonyl (C=O) groups is 2. The summed E-state index contributed by atoms with van der Waals surface area (Å²) in [6.07, 6.45) is 3.55. The van der Waals surface area contributed by atoms with Crippen molar-refractivity contribution in [3.05, 3.63) is 35.9 Å². The summed E-state index contributed by atoms with van der Waals surface area (Å²) in [7, 11) is 0. The lowest BCUT2D eigenvalue weighted by Crippen LogP contribution is -2.46. The molecule has 0 spiro atoms. The van der Waals surface area contributed by atoms with Crippen molar-refractivity contribution in [2.45, 2.75) is 51.0 Å². The molecule has 0 saturated carbocycles. The average molecular weight is 289 g/mol. The second-order valence-electron chi connectivity index (χ2n) is 5.65. The number of hydrogen-bond acceptors (Lipinski definition) is 2. The number of aliphatic carboxylic acids is 1. The van der Waals surface area contributed by atoms with Crippen molar-refractivity contribution in [1.82, 2.24) is 4.90 Å². The second-order valence-corrected chi connectivity index (χ2v) is 5.65. The Kier molecular flexibility index (Phi) is 5.37. The van der Waals surface area contributed by atoms with Crippen LogP contribution in [0.4, 0.5) is 0 Å². The smallest absolute Gasteiger partial charge is 0.305 e. The molecule has 2 unspecified atom stereocenters. The summed E-state index contributed by atoms with van der Waals surface area (Å²) in [4.78, 5) is 25.7. The van der Waals surface area contributed by atoms with E-state index in [2.05, 4.69) is 0 Å². The molecule has 0 radical (unpaired) electrons. The normalized spacial score (nSPS) is 20.0. The van der Waals surface area contributed by atoms with E-state index in [1.165, 1.54) is 0 Å². The van der Waals surface area contributed by atoms with Crippen LogP contribution >= 0.6 is 0 Å². The van der Waals surface area contributed by atoms with Crippen LogP contribution in [0.15, 0.2) is 30.3 Å². The maximum atomic E-state index is 12.9. The number of hydrogen-bond donors (Lipinski definition) is 1. The van der Waals surface area contributed by atoms with Crippen LogP contribution in [0.3, 0.4) is 0 Å². The molecule has 0 aliphatic carbocycles. The maximum Gasteiger partial charge on any atom is 0.305 e. The van der Waals surface area contributed by atoms with E-state index < -0.39 is 5.97 Å².